The van der Waals surface area contributed by atoms with Gasteiger partial charge in [0.25, 0.3) is 0 Å². The summed E-state index contributed by atoms with van der Waals surface area (Å²) in [5, 5.41) is 0. The first-order chi connectivity index (χ1) is 8.58. The number of benzene rings is 1. The Kier molecular flexibility index (Phi) is 3.37. The molecule has 1 aromatic heterocycles. The smallest absolute Gasteiger partial charge is 0.149 e. The van der Waals surface area contributed by atoms with Crippen molar-refractivity contribution in [2.45, 2.75) is 13.5 Å². The van der Waals surface area contributed by atoms with Crippen LogP contribution < -0.4 is 16.4 Å². The van der Waals surface area contributed by atoms with Crippen LogP contribution in [0.4, 0.5) is 17.3 Å². The van der Waals surface area contributed by atoms with Gasteiger partial charge in [-0.1, -0.05) is 24.3 Å². The highest BCUT2D eigenvalue weighted by Gasteiger charge is 2.06. The van der Waals surface area contributed by atoms with Crippen molar-refractivity contribution in [2.75, 3.05) is 23.4 Å². The molecule has 0 aliphatic carbocycles. The van der Waals surface area contributed by atoms with Gasteiger partial charge in [-0.25, -0.2) is 4.98 Å². The van der Waals surface area contributed by atoms with Gasteiger partial charge in [0.1, 0.15) is 11.6 Å². The summed E-state index contributed by atoms with van der Waals surface area (Å²) in [5.41, 5.74) is 14.4. The highest BCUT2D eigenvalue weighted by Crippen LogP contribution is 2.19. The molecule has 2 aromatic rings. The van der Waals surface area contributed by atoms with E-state index in [1.807, 2.05) is 25.2 Å². The molecule has 4 nitrogen and oxygen atoms in total. The largest absolute Gasteiger partial charge is 0.396 e. The zero-order valence-corrected chi connectivity index (χ0v) is 10.7. The predicted molar refractivity (Wildman–Crippen MR) is 76.3 cm³/mol. The quantitative estimate of drug-likeness (QED) is 0.865. The third-order valence-electron chi connectivity index (χ3n) is 3.00. The van der Waals surface area contributed by atoms with Gasteiger partial charge in [0.15, 0.2) is 0 Å². The van der Waals surface area contributed by atoms with Crippen molar-refractivity contribution in [1.29, 1.82) is 0 Å². The minimum atomic E-state index is 0.379. The first-order valence-electron chi connectivity index (χ1n) is 5.85. The lowest BCUT2D eigenvalue weighted by atomic mass is 10.1. The van der Waals surface area contributed by atoms with Crippen LogP contribution in [0.3, 0.4) is 0 Å². The number of rotatable bonds is 3. The molecule has 18 heavy (non-hydrogen) atoms. The van der Waals surface area contributed by atoms with E-state index in [0.717, 1.165) is 12.4 Å². The van der Waals surface area contributed by atoms with Crippen LogP contribution in [0.25, 0.3) is 0 Å². The minimum absolute atomic E-state index is 0.379. The second-order valence-electron chi connectivity index (χ2n) is 4.43. The standard InChI is InChI=1S/C14H18N4/c1-10-5-3-4-6-11(10)9-18(2)13-8-7-12(15)14(16)17-13/h3-8H,9,15H2,1-2H3,(H2,16,17). The molecule has 0 fully saturated rings. The van der Waals surface area contributed by atoms with E-state index in [-0.39, 0.29) is 0 Å². The van der Waals surface area contributed by atoms with Crippen molar-refractivity contribution >= 4 is 17.3 Å². The third-order valence-corrected chi connectivity index (χ3v) is 3.00. The highest BCUT2D eigenvalue weighted by atomic mass is 15.2. The second kappa shape index (κ2) is 4.96. The van der Waals surface area contributed by atoms with Crippen LogP contribution in [0.5, 0.6) is 0 Å². The van der Waals surface area contributed by atoms with Gasteiger partial charge in [-0.15, -0.1) is 0 Å². The summed E-state index contributed by atoms with van der Waals surface area (Å²) in [6.45, 7) is 2.90. The van der Waals surface area contributed by atoms with Crippen molar-refractivity contribution in [2.24, 2.45) is 0 Å². The van der Waals surface area contributed by atoms with Crippen LogP contribution in [-0.4, -0.2) is 12.0 Å². The second-order valence-corrected chi connectivity index (χ2v) is 4.43. The first kappa shape index (κ1) is 12.2. The molecule has 94 valence electrons. The van der Waals surface area contributed by atoms with Crippen LogP contribution in [-0.2, 0) is 6.54 Å². The minimum Gasteiger partial charge on any atom is -0.396 e. The lowest BCUT2D eigenvalue weighted by Crippen LogP contribution is -2.19. The molecule has 4 heteroatoms. The summed E-state index contributed by atoms with van der Waals surface area (Å²) in [7, 11) is 1.99. The average Bonchev–Trinajstić information content (AvgIpc) is 2.35. The van der Waals surface area contributed by atoms with Crippen LogP contribution in [0, 0.1) is 6.92 Å². The molecule has 1 heterocycles. The fourth-order valence-electron chi connectivity index (χ4n) is 1.81. The van der Waals surface area contributed by atoms with Crippen molar-refractivity contribution in [1.82, 2.24) is 4.98 Å². The Hall–Kier alpha value is -2.23. The van der Waals surface area contributed by atoms with Crippen LogP contribution in [0.1, 0.15) is 11.1 Å². The van der Waals surface area contributed by atoms with Crippen molar-refractivity contribution in [3.8, 4) is 0 Å². The number of hydrogen-bond acceptors (Lipinski definition) is 4. The van der Waals surface area contributed by atoms with E-state index in [9.17, 15) is 0 Å². The Morgan fingerprint density at radius 1 is 1.11 bits per heavy atom. The van der Waals surface area contributed by atoms with Crippen LogP contribution in [0.2, 0.25) is 0 Å². The van der Waals surface area contributed by atoms with Gasteiger partial charge >= 0.3 is 0 Å². The van der Waals surface area contributed by atoms with Gasteiger partial charge < -0.3 is 16.4 Å². The molecule has 0 bridgehead atoms. The maximum Gasteiger partial charge on any atom is 0.149 e. The number of nitrogen functional groups attached to an aromatic ring is 2. The van der Waals surface area contributed by atoms with Crippen LogP contribution >= 0.6 is 0 Å². The molecule has 0 unspecified atom stereocenters. The Balaban J connectivity index is 2.19. The zero-order chi connectivity index (χ0) is 13.1. The van der Waals surface area contributed by atoms with Gasteiger partial charge in [-0.3, -0.25) is 0 Å². The van der Waals surface area contributed by atoms with E-state index in [4.69, 9.17) is 11.5 Å². The van der Waals surface area contributed by atoms with Crippen LogP contribution in [0.15, 0.2) is 36.4 Å². The van der Waals surface area contributed by atoms with E-state index in [1.165, 1.54) is 11.1 Å². The normalized spacial score (nSPS) is 10.3. The van der Waals surface area contributed by atoms with E-state index in [0.29, 0.717) is 11.5 Å². The number of nitrogens with two attached hydrogens (primary N) is 2. The maximum atomic E-state index is 5.72. The maximum absolute atomic E-state index is 5.72. The summed E-state index contributed by atoms with van der Waals surface area (Å²) >= 11 is 0. The molecule has 0 radical (unpaired) electrons. The van der Waals surface area contributed by atoms with Gasteiger partial charge in [-0.05, 0) is 30.2 Å². The van der Waals surface area contributed by atoms with Gasteiger partial charge in [0.05, 0.1) is 5.69 Å². The summed E-state index contributed by atoms with van der Waals surface area (Å²) in [6.07, 6.45) is 0. The fraction of sp³-hybridized carbons (Fsp3) is 0.214. The summed E-state index contributed by atoms with van der Waals surface area (Å²) in [5.74, 6) is 1.20. The third kappa shape index (κ3) is 2.53. The molecule has 0 saturated heterocycles. The molecule has 0 aliphatic rings. The molecule has 1 aromatic carbocycles. The summed E-state index contributed by atoms with van der Waals surface area (Å²) < 4.78 is 0. The molecule has 0 amide bonds. The molecule has 4 N–H and O–H groups in total. The van der Waals surface area contributed by atoms with E-state index < -0.39 is 0 Å². The molecule has 0 spiro atoms. The zero-order valence-electron chi connectivity index (χ0n) is 10.7. The number of aromatic nitrogens is 1. The lowest BCUT2D eigenvalue weighted by molar-refractivity contribution is 0.892. The topological polar surface area (TPSA) is 68.2 Å². The predicted octanol–water partition coefficient (Wildman–Crippen LogP) is 2.19. The summed E-state index contributed by atoms with van der Waals surface area (Å²) in [4.78, 5) is 6.33. The molecular formula is C14H18N4. The van der Waals surface area contributed by atoms with Crippen molar-refractivity contribution < 1.29 is 0 Å². The fourth-order valence-corrected chi connectivity index (χ4v) is 1.81. The number of pyridine rings is 1. The van der Waals surface area contributed by atoms with Crippen molar-refractivity contribution in [3.63, 3.8) is 0 Å². The van der Waals surface area contributed by atoms with E-state index in [2.05, 4.69) is 28.9 Å². The SMILES string of the molecule is Cc1ccccc1CN(C)c1ccc(N)c(N)n1. The molecule has 0 aliphatic heterocycles. The van der Waals surface area contributed by atoms with Crippen molar-refractivity contribution in [3.05, 3.63) is 47.5 Å². The summed E-state index contributed by atoms with van der Waals surface area (Å²) in [6, 6.07) is 12.0. The Morgan fingerprint density at radius 2 is 1.83 bits per heavy atom. The Morgan fingerprint density at radius 3 is 2.50 bits per heavy atom. The van der Waals surface area contributed by atoms with Gasteiger partial charge in [0.2, 0.25) is 0 Å². The highest BCUT2D eigenvalue weighted by molar-refractivity contribution is 5.62. The van der Waals surface area contributed by atoms with Gasteiger partial charge in [-0.2, -0.15) is 0 Å². The number of anilines is 3. The molecule has 0 atom stereocenters. The average molecular weight is 242 g/mol. The molecule has 2 rings (SSSR count). The Labute approximate surface area is 107 Å². The van der Waals surface area contributed by atoms with E-state index in [1.54, 1.807) is 6.07 Å². The number of aryl methyl sites for hydroxylation is 1. The van der Waals surface area contributed by atoms with Gasteiger partial charge in [0, 0.05) is 13.6 Å². The molecular weight excluding hydrogens is 224 g/mol. The number of hydrogen-bond donors (Lipinski definition) is 2. The lowest BCUT2D eigenvalue weighted by Gasteiger charge is -2.20. The Bertz CT molecular complexity index is 551. The molecule has 0 saturated carbocycles. The van der Waals surface area contributed by atoms with E-state index >= 15 is 0 Å². The monoisotopic (exact) mass is 242 g/mol. The first-order valence-corrected chi connectivity index (χ1v) is 5.85. The number of nitrogens with zero attached hydrogens (tertiary/aromatic N) is 2.